The van der Waals surface area contributed by atoms with Crippen molar-refractivity contribution in [2.24, 2.45) is 0 Å². The smallest absolute Gasteiger partial charge is 0.240 e. The number of carbonyl (C=O) groups is 1. The van der Waals surface area contributed by atoms with E-state index in [1.165, 1.54) is 29.0 Å². The van der Waals surface area contributed by atoms with E-state index in [9.17, 15) is 14.3 Å². The summed E-state index contributed by atoms with van der Waals surface area (Å²) in [6, 6.07) is 16.7. The van der Waals surface area contributed by atoms with Gasteiger partial charge in [0.05, 0.1) is 18.3 Å². The quantitative estimate of drug-likeness (QED) is 0.497. The molecule has 2 N–H and O–H groups in total. The Labute approximate surface area is 215 Å². The van der Waals surface area contributed by atoms with Crippen LogP contribution < -0.4 is 5.32 Å². The van der Waals surface area contributed by atoms with Crippen molar-refractivity contribution >= 4 is 22.4 Å². The van der Waals surface area contributed by atoms with Crippen molar-refractivity contribution < 1.29 is 14.3 Å². The van der Waals surface area contributed by atoms with Crippen molar-refractivity contribution in [1.29, 1.82) is 0 Å². The molecule has 2 aliphatic rings. The zero-order valence-corrected chi connectivity index (χ0v) is 21.4. The van der Waals surface area contributed by atoms with Crippen LogP contribution in [0.15, 0.2) is 54.6 Å². The van der Waals surface area contributed by atoms with Gasteiger partial charge >= 0.3 is 0 Å². The number of piperidine rings is 1. The summed E-state index contributed by atoms with van der Waals surface area (Å²) in [6.07, 6.45) is 3.47. The number of likely N-dealkylation sites (tertiary alicyclic amines) is 2. The molecule has 2 aliphatic heterocycles. The van der Waals surface area contributed by atoms with Gasteiger partial charge in [0.15, 0.2) is 5.13 Å². The van der Waals surface area contributed by atoms with E-state index in [1.54, 1.807) is 12.1 Å². The summed E-state index contributed by atoms with van der Waals surface area (Å²) in [5.41, 5.74) is 2.72. The second-order valence-electron chi connectivity index (χ2n) is 9.91. The standard InChI is InChI=1S/C28H33FN4O2S/c1-20-26(22-8-10-23(29)11-9-22)31-27(36-20)30-25(35)19-32-17-14-28(24(34)18-32)13-5-15-33(28)16-12-21-6-3-2-4-7-21/h2-4,6-11,24,34H,5,12-19H2,1H3,(H,30,31,35)/t24-,28-/m0/s1. The van der Waals surface area contributed by atoms with Gasteiger partial charge in [-0.05, 0) is 69.0 Å². The highest BCUT2D eigenvalue weighted by atomic mass is 32.1. The number of aryl methyl sites for hydroxylation is 1. The van der Waals surface area contributed by atoms with Gasteiger partial charge < -0.3 is 10.4 Å². The summed E-state index contributed by atoms with van der Waals surface area (Å²) in [5.74, 6) is -0.424. The number of aliphatic hydroxyl groups excluding tert-OH is 1. The Balaban J connectivity index is 1.16. The van der Waals surface area contributed by atoms with Gasteiger partial charge in [0.25, 0.3) is 0 Å². The van der Waals surface area contributed by atoms with Crippen LogP contribution in [0.25, 0.3) is 11.3 Å². The molecule has 8 heteroatoms. The van der Waals surface area contributed by atoms with Gasteiger partial charge in [0.1, 0.15) is 5.82 Å². The van der Waals surface area contributed by atoms with Crippen LogP contribution in [0.3, 0.4) is 0 Å². The van der Waals surface area contributed by atoms with E-state index in [2.05, 4.69) is 39.5 Å². The zero-order valence-electron chi connectivity index (χ0n) is 20.6. The van der Waals surface area contributed by atoms with Gasteiger partial charge in [-0.2, -0.15) is 0 Å². The molecule has 2 saturated heterocycles. The number of β-amino-alcohol motifs (C(OH)–C–C–N with tert-alkyl or cyclic N) is 1. The van der Waals surface area contributed by atoms with Crippen LogP contribution in [-0.2, 0) is 11.2 Å². The maximum Gasteiger partial charge on any atom is 0.240 e. The number of benzene rings is 2. The van der Waals surface area contributed by atoms with Gasteiger partial charge in [-0.25, -0.2) is 9.37 Å². The number of aliphatic hydroxyl groups is 1. The summed E-state index contributed by atoms with van der Waals surface area (Å²) in [5, 5.41) is 14.7. The van der Waals surface area contributed by atoms with Gasteiger partial charge in [-0.3, -0.25) is 14.6 Å². The Morgan fingerprint density at radius 1 is 1.17 bits per heavy atom. The number of nitrogens with zero attached hydrogens (tertiary/aromatic N) is 3. The number of anilines is 1. The van der Waals surface area contributed by atoms with Crippen LogP contribution in [0.5, 0.6) is 0 Å². The average molecular weight is 509 g/mol. The average Bonchev–Trinajstić information content (AvgIpc) is 3.44. The second-order valence-corrected chi connectivity index (χ2v) is 11.1. The third-order valence-corrected chi connectivity index (χ3v) is 8.51. The van der Waals surface area contributed by atoms with E-state index in [0.717, 1.165) is 61.5 Å². The minimum atomic E-state index is -0.482. The SMILES string of the molecule is Cc1sc(NC(=O)CN2CC[C@@]3(CCCN3CCc3ccccc3)[C@@H](O)C2)nc1-c1ccc(F)cc1. The van der Waals surface area contributed by atoms with E-state index in [0.29, 0.717) is 11.7 Å². The molecule has 0 aliphatic carbocycles. The molecule has 3 heterocycles. The van der Waals surface area contributed by atoms with Crippen LogP contribution in [0.1, 0.15) is 29.7 Å². The number of hydrogen-bond acceptors (Lipinski definition) is 6. The maximum absolute atomic E-state index is 13.3. The van der Waals surface area contributed by atoms with Crippen LogP contribution in [0.2, 0.25) is 0 Å². The van der Waals surface area contributed by atoms with E-state index in [-0.39, 0.29) is 23.8 Å². The highest BCUT2D eigenvalue weighted by Crippen LogP contribution is 2.39. The Hall–Kier alpha value is -2.65. The Morgan fingerprint density at radius 2 is 1.94 bits per heavy atom. The first-order chi connectivity index (χ1) is 17.4. The minimum Gasteiger partial charge on any atom is -0.390 e. The van der Waals surface area contributed by atoms with Crippen LogP contribution >= 0.6 is 11.3 Å². The molecule has 1 amide bonds. The highest BCUT2D eigenvalue weighted by molar-refractivity contribution is 7.16. The number of thiazole rings is 1. The molecule has 2 atom stereocenters. The third-order valence-electron chi connectivity index (χ3n) is 7.62. The van der Waals surface area contributed by atoms with Crippen molar-refractivity contribution in [1.82, 2.24) is 14.8 Å². The Kier molecular flexibility index (Phi) is 7.48. The summed E-state index contributed by atoms with van der Waals surface area (Å²) >= 11 is 1.41. The normalized spacial score (nSPS) is 22.8. The lowest BCUT2D eigenvalue weighted by molar-refractivity contribution is -0.120. The number of rotatable bonds is 7. The molecule has 36 heavy (non-hydrogen) atoms. The molecule has 2 aromatic carbocycles. The fourth-order valence-corrected chi connectivity index (χ4v) is 6.57. The molecule has 2 fully saturated rings. The number of halogens is 1. The lowest BCUT2D eigenvalue weighted by Crippen LogP contribution is -2.62. The van der Waals surface area contributed by atoms with E-state index in [1.807, 2.05) is 17.9 Å². The Morgan fingerprint density at radius 3 is 2.69 bits per heavy atom. The molecule has 1 spiro atoms. The third kappa shape index (κ3) is 5.37. The first-order valence-corrected chi connectivity index (χ1v) is 13.5. The van der Waals surface area contributed by atoms with Crippen molar-refractivity contribution in [3.8, 4) is 11.3 Å². The molecule has 0 unspecified atom stereocenters. The summed E-state index contributed by atoms with van der Waals surface area (Å²) in [7, 11) is 0. The van der Waals surface area contributed by atoms with Crippen LogP contribution in [0.4, 0.5) is 9.52 Å². The van der Waals surface area contributed by atoms with Crippen LogP contribution in [-0.4, -0.2) is 70.2 Å². The molecule has 3 aromatic rings. The predicted molar refractivity (Wildman–Crippen MR) is 142 cm³/mol. The molecule has 190 valence electrons. The first-order valence-electron chi connectivity index (χ1n) is 12.7. The Bertz CT molecular complexity index is 1190. The number of hydrogen-bond donors (Lipinski definition) is 2. The second kappa shape index (κ2) is 10.8. The van der Waals surface area contributed by atoms with Crippen molar-refractivity contribution in [3.05, 3.63) is 70.9 Å². The number of carbonyl (C=O) groups excluding carboxylic acids is 1. The summed E-state index contributed by atoms with van der Waals surface area (Å²) in [6.45, 7) is 5.40. The van der Waals surface area contributed by atoms with Crippen LogP contribution in [0, 0.1) is 12.7 Å². The molecular weight excluding hydrogens is 475 g/mol. The number of amides is 1. The van der Waals surface area contributed by atoms with E-state index < -0.39 is 6.10 Å². The van der Waals surface area contributed by atoms with Crippen molar-refractivity contribution in [3.63, 3.8) is 0 Å². The lowest BCUT2D eigenvalue weighted by atomic mass is 9.82. The topological polar surface area (TPSA) is 68.7 Å². The van der Waals surface area contributed by atoms with Gasteiger partial charge in [0.2, 0.25) is 5.91 Å². The summed E-state index contributed by atoms with van der Waals surface area (Å²) < 4.78 is 13.3. The predicted octanol–water partition coefficient (Wildman–Crippen LogP) is 4.34. The molecule has 5 rings (SSSR count). The summed E-state index contributed by atoms with van der Waals surface area (Å²) in [4.78, 5) is 22.8. The molecule has 0 radical (unpaired) electrons. The molecule has 0 bridgehead atoms. The molecule has 6 nitrogen and oxygen atoms in total. The van der Waals surface area contributed by atoms with Gasteiger partial charge in [-0.15, -0.1) is 11.3 Å². The largest absolute Gasteiger partial charge is 0.390 e. The minimum absolute atomic E-state index is 0.134. The monoisotopic (exact) mass is 508 g/mol. The highest BCUT2D eigenvalue weighted by Gasteiger charge is 2.49. The molecule has 0 saturated carbocycles. The van der Waals surface area contributed by atoms with Gasteiger partial charge in [-0.1, -0.05) is 30.3 Å². The lowest BCUT2D eigenvalue weighted by Gasteiger charge is -2.48. The van der Waals surface area contributed by atoms with Crippen molar-refractivity contribution in [2.75, 3.05) is 38.0 Å². The van der Waals surface area contributed by atoms with E-state index >= 15 is 0 Å². The molecular formula is C28H33FN4O2S. The fourth-order valence-electron chi connectivity index (χ4n) is 5.72. The molecule has 1 aromatic heterocycles. The first kappa shape index (κ1) is 25.0. The van der Waals surface area contributed by atoms with Crippen molar-refractivity contribution in [2.45, 2.75) is 44.2 Å². The number of nitrogens with one attached hydrogen (secondary N) is 1. The fraction of sp³-hybridized carbons (Fsp3) is 0.429. The van der Waals surface area contributed by atoms with Gasteiger partial charge in [0, 0.05) is 35.6 Å². The number of aromatic nitrogens is 1. The van der Waals surface area contributed by atoms with E-state index in [4.69, 9.17) is 0 Å². The zero-order chi connectivity index (χ0) is 25.1. The maximum atomic E-state index is 13.3.